The molecule has 6 heteroatoms. The van der Waals surface area contributed by atoms with Crippen LogP contribution >= 0.6 is 24.0 Å². The minimum atomic E-state index is -0.282. The highest BCUT2D eigenvalue weighted by molar-refractivity contribution is 8.26. The van der Waals surface area contributed by atoms with E-state index in [-0.39, 0.29) is 17.8 Å². The maximum absolute atomic E-state index is 13.3. The normalized spacial score (nSPS) is 21.0. The number of thioether (sulfide) groups is 1. The number of hydrogen-bond acceptors (Lipinski definition) is 4. The van der Waals surface area contributed by atoms with Gasteiger partial charge in [0.1, 0.15) is 21.7 Å². The molecule has 2 fully saturated rings. The quantitative estimate of drug-likeness (QED) is 0.336. The Morgan fingerprint density at radius 3 is 2.12 bits per heavy atom. The third-order valence-corrected chi connectivity index (χ3v) is 7.62. The van der Waals surface area contributed by atoms with Crippen molar-refractivity contribution < 1.29 is 13.6 Å². The first kappa shape index (κ1) is 23.2. The third-order valence-electron chi connectivity index (χ3n) is 6.29. The van der Waals surface area contributed by atoms with Crippen LogP contribution in [-0.2, 0) is 4.79 Å². The number of thiocarbonyl (C=S) groups is 1. The van der Waals surface area contributed by atoms with Gasteiger partial charge < -0.3 is 4.42 Å². The molecule has 1 aromatic carbocycles. The SMILES string of the molecule is O=C1/C(=C/c2ccc(-c3ccc(F)cc3)o2)SC(=S)N1C1CCCCCCCCCCC1. The van der Waals surface area contributed by atoms with Crippen molar-refractivity contribution in [1.82, 2.24) is 4.90 Å². The summed E-state index contributed by atoms with van der Waals surface area (Å²) in [4.78, 5) is 15.7. The van der Waals surface area contributed by atoms with E-state index in [0.29, 0.717) is 20.7 Å². The molecule has 2 aromatic rings. The molecule has 2 heterocycles. The van der Waals surface area contributed by atoms with E-state index < -0.39 is 0 Å². The lowest BCUT2D eigenvalue weighted by atomic mass is 9.97. The van der Waals surface area contributed by atoms with Crippen molar-refractivity contribution in [3.63, 3.8) is 0 Å². The number of nitrogens with zero attached hydrogens (tertiary/aromatic N) is 1. The Labute approximate surface area is 199 Å². The van der Waals surface area contributed by atoms with Crippen molar-refractivity contribution in [2.24, 2.45) is 0 Å². The summed E-state index contributed by atoms with van der Waals surface area (Å²) < 4.78 is 19.7. The monoisotopic (exact) mass is 471 g/mol. The fourth-order valence-electron chi connectivity index (χ4n) is 4.52. The molecule has 1 saturated heterocycles. The van der Waals surface area contributed by atoms with Crippen molar-refractivity contribution in [3.8, 4) is 11.3 Å². The molecule has 1 saturated carbocycles. The van der Waals surface area contributed by atoms with Gasteiger partial charge in [-0.15, -0.1) is 0 Å². The Kier molecular flexibility index (Phi) is 8.20. The zero-order valence-electron chi connectivity index (χ0n) is 18.4. The number of hydrogen-bond donors (Lipinski definition) is 0. The van der Waals surface area contributed by atoms with E-state index in [1.807, 2.05) is 17.0 Å². The molecule has 0 unspecified atom stereocenters. The van der Waals surface area contributed by atoms with Crippen LogP contribution in [0.4, 0.5) is 4.39 Å². The Bertz CT molecular complexity index is 954. The minimum absolute atomic E-state index is 0.00294. The van der Waals surface area contributed by atoms with Crippen molar-refractivity contribution >= 4 is 40.3 Å². The highest BCUT2D eigenvalue weighted by Crippen LogP contribution is 2.37. The van der Waals surface area contributed by atoms with Gasteiger partial charge >= 0.3 is 0 Å². The molecule has 1 aliphatic heterocycles. The van der Waals surface area contributed by atoms with E-state index in [1.165, 1.54) is 68.8 Å². The first-order valence-electron chi connectivity index (χ1n) is 11.7. The second-order valence-corrected chi connectivity index (χ2v) is 10.3. The smallest absolute Gasteiger partial charge is 0.266 e. The number of rotatable bonds is 3. The second kappa shape index (κ2) is 11.3. The van der Waals surface area contributed by atoms with E-state index in [0.717, 1.165) is 31.2 Å². The molecule has 1 aliphatic carbocycles. The number of carbonyl (C=O) groups is 1. The number of benzene rings is 1. The topological polar surface area (TPSA) is 33.5 Å². The van der Waals surface area contributed by atoms with E-state index in [4.69, 9.17) is 16.6 Å². The van der Waals surface area contributed by atoms with Gasteiger partial charge in [0.15, 0.2) is 0 Å². The van der Waals surface area contributed by atoms with Gasteiger partial charge in [-0.3, -0.25) is 9.69 Å². The molecule has 170 valence electrons. The van der Waals surface area contributed by atoms with Crippen LogP contribution in [0.5, 0.6) is 0 Å². The van der Waals surface area contributed by atoms with Crippen molar-refractivity contribution in [1.29, 1.82) is 0 Å². The van der Waals surface area contributed by atoms with Gasteiger partial charge in [0.05, 0.1) is 4.91 Å². The Morgan fingerprint density at radius 1 is 0.906 bits per heavy atom. The highest BCUT2D eigenvalue weighted by atomic mass is 32.2. The molecule has 0 bridgehead atoms. The van der Waals surface area contributed by atoms with Gasteiger partial charge in [0, 0.05) is 17.7 Å². The van der Waals surface area contributed by atoms with Gasteiger partial charge in [-0.2, -0.15) is 0 Å². The summed E-state index contributed by atoms with van der Waals surface area (Å²) in [7, 11) is 0. The lowest BCUT2D eigenvalue weighted by molar-refractivity contribution is -0.123. The number of amides is 1. The molecule has 0 spiro atoms. The summed E-state index contributed by atoms with van der Waals surface area (Å²) in [5.41, 5.74) is 0.798. The number of halogens is 1. The molecule has 0 radical (unpaired) electrons. The zero-order chi connectivity index (χ0) is 22.3. The van der Waals surface area contributed by atoms with Crippen molar-refractivity contribution in [2.75, 3.05) is 0 Å². The summed E-state index contributed by atoms with van der Waals surface area (Å²) in [6.45, 7) is 0. The van der Waals surface area contributed by atoms with Crippen LogP contribution in [0.25, 0.3) is 17.4 Å². The zero-order valence-corrected chi connectivity index (χ0v) is 20.0. The molecule has 1 aromatic heterocycles. The first-order chi connectivity index (χ1) is 15.6. The second-order valence-electron chi connectivity index (χ2n) is 8.67. The van der Waals surface area contributed by atoms with E-state index in [9.17, 15) is 9.18 Å². The highest BCUT2D eigenvalue weighted by Gasteiger charge is 2.36. The predicted octanol–water partition coefficient (Wildman–Crippen LogP) is 7.96. The largest absolute Gasteiger partial charge is 0.457 e. The number of carbonyl (C=O) groups excluding carboxylic acids is 1. The maximum atomic E-state index is 13.3. The molecule has 0 atom stereocenters. The fourth-order valence-corrected chi connectivity index (χ4v) is 5.90. The van der Waals surface area contributed by atoms with Crippen LogP contribution < -0.4 is 0 Å². The van der Waals surface area contributed by atoms with Gasteiger partial charge in [-0.05, 0) is 49.2 Å². The Morgan fingerprint density at radius 2 is 1.50 bits per heavy atom. The molecule has 32 heavy (non-hydrogen) atoms. The summed E-state index contributed by atoms with van der Waals surface area (Å²) >= 11 is 7.00. The Balaban J connectivity index is 1.46. The van der Waals surface area contributed by atoms with Crippen LogP contribution in [-0.4, -0.2) is 21.2 Å². The van der Waals surface area contributed by atoms with Crippen LogP contribution in [0.3, 0.4) is 0 Å². The van der Waals surface area contributed by atoms with Gasteiger partial charge in [-0.1, -0.05) is 81.8 Å². The van der Waals surface area contributed by atoms with E-state index >= 15 is 0 Å². The third kappa shape index (κ3) is 5.90. The molecule has 1 amide bonds. The van der Waals surface area contributed by atoms with E-state index in [2.05, 4.69) is 0 Å². The molecular formula is C26H30FNO2S2. The first-order valence-corrected chi connectivity index (χ1v) is 13.0. The molecule has 0 N–H and O–H groups in total. The molecule has 3 nitrogen and oxygen atoms in total. The summed E-state index contributed by atoms with van der Waals surface area (Å²) in [6, 6.07) is 10.0. The summed E-state index contributed by atoms with van der Waals surface area (Å²) in [6.07, 6.45) is 15.2. The predicted molar refractivity (Wildman–Crippen MR) is 134 cm³/mol. The van der Waals surface area contributed by atoms with Gasteiger partial charge in [0.2, 0.25) is 0 Å². The molecule has 4 rings (SSSR count). The number of furan rings is 1. The van der Waals surface area contributed by atoms with Crippen LogP contribution in [0.1, 0.15) is 76.4 Å². The molecular weight excluding hydrogens is 441 g/mol. The van der Waals surface area contributed by atoms with Gasteiger partial charge in [0.25, 0.3) is 5.91 Å². The average molecular weight is 472 g/mol. The van der Waals surface area contributed by atoms with Crippen LogP contribution in [0.15, 0.2) is 45.7 Å². The lowest BCUT2D eigenvalue weighted by Gasteiger charge is -2.27. The minimum Gasteiger partial charge on any atom is -0.457 e. The Hall–Kier alpha value is -1.92. The molecule has 2 aliphatic rings. The van der Waals surface area contributed by atoms with E-state index in [1.54, 1.807) is 18.2 Å². The fraction of sp³-hybridized carbons (Fsp3) is 0.462. The van der Waals surface area contributed by atoms with Crippen molar-refractivity contribution in [2.45, 2.75) is 76.7 Å². The van der Waals surface area contributed by atoms with Crippen molar-refractivity contribution in [3.05, 3.63) is 52.9 Å². The lowest BCUT2D eigenvalue weighted by Crippen LogP contribution is -2.38. The van der Waals surface area contributed by atoms with Crippen LogP contribution in [0, 0.1) is 5.82 Å². The maximum Gasteiger partial charge on any atom is 0.266 e. The van der Waals surface area contributed by atoms with Crippen LogP contribution in [0.2, 0.25) is 0 Å². The summed E-state index contributed by atoms with van der Waals surface area (Å²) in [5.74, 6) is 0.960. The average Bonchev–Trinajstić information content (AvgIpc) is 3.34. The summed E-state index contributed by atoms with van der Waals surface area (Å²) in [5, 5.41) is 0. The standard InChI is InChI=1S/C26H30FNO2S2/c27-20-14-12-19(13-15-20)23-17-16-22(30-23)18-24-25(29)28(26(31)32-24)21-10-8-6-4-2-1-3-5-7-9-11-21/h12-18,21H,1-11H2/b24-18-. The van der Waals surface area contributed by atoms with Gasteiger partial charge in [-0.25, -0.2) is 4.39 Å².